The summed E-state index contributed by atoms with van der Waals surface area (Å²) in [6.07, 6.45) is 1.43. The van der Waals surface area contributed by atoms with Crippen molar-refractivity contribution in [2.75, 3.05) is 24.9 Å². The molecule has 0 saturated carbocycles. The maximum Gasteiger partial charge on any atom is 0.255 e. The van der Waals surface area contributed by atoms with Crippen LogP contribution in [0, 0.1) is 5.82 Å². The van der Waals surface area contributed by atoms with Crippen LogP contribution in [0.4, 0.5) is 16.0 Å². The molecule has 1 aliphatic heterocycles. The number of hydrogen-bond donors (Lipinski definition) is 2. The van der Waals surface area contributed by atoms with Crippen LogP contribution in [0.15, 0.2) is 84.3 Å². The zero-order valence-corrected chi connectivity index (χ0v) is 21.1. The summed E-state index contributed by atoms with van der Waals surface area (Å²) in [7, 11) is 3.09. The number of carbonyl (C=O) groups is 1. The summed E-state index contributed by atoms with van der Waals surface area (Å²) in [5, 5.41) is 10.5. The van der Waals surface area contributed by atoms with E-state index in [0.717, 1.165) is 11.1 Å². The zero-order chi connectivity index (χ0) is 26.6. The van der Waals surface area contributed by atoms with Gasteiger partial charge in [-0.1, -0.05) is 30.3 Å². The average molecular weight is 516 g/mol. The van der Waals surface area contributed by atoms with E-state index in [4.69, 9.17) is 14.2 Å². The minimum atomic E-state index is -0.594. The maximum absolute atomic E-state index is 13.7. The predicted octanol–water partition coefficient (Wildman–Crippen LogP) is 4.94. The second kappa shape index (κ2) is 10.6. The third kappa shape index (κ3) is 4.88. The van der Waals surface area contributed by atoms with Crippen LogP contribution in [0.25, 0.3) is 0 Å². The van der Waals surface area contributed by atoms with Gasteiger partial charge in [-0.15, -0.1) is 0 Å². The molecule has 2 heterocycles. The Morgan fingerprint density at radius 2 is 1.79 bits per heavy atom. The van der Waals surface area contributed by atoms with Gasteiger partial charge in [0.1, 0.15) is 30.5 Å². The van der Waals surface area contributed by atoms with Crippen molar-refractivity contribution in [3.05, 3.63) is 101 Å². The van der Waals surface area contributed by atoms with Crippen LogP contribution in [-0.2, 0) is 11.4 Å². The summed E-state index contributed by atoms with van der Waals surface area (Å²) in [5.41, 5.74) is 3.20. The first kappa shape index (κ1) is 24.8. The number of allylic oxidation sites excluding steroid dienone is 1. The van der Waals surface area contributed by atoms with Crippen molar-refractivity contribution in [1.29, 1.82) is 0 Å². The quantitative estimate of drug-likeness (QED) is 0.343. The van der Waals surface area contributed by atoms with E-state index in [1.165, 1.54) is 18.5 Å². The number of hydrogen-bond acceptors (Lipinski definition) is 7. The summed E-state index contributed by atoms with van der Waals surface area (Å²) < 4.78 is 31.9. The van der Waals surface area contributed by atoms with E-state index in [1.807, 2.05) is 31.2 Å². The van der Waals surface area contributed by atoms with Crippen molar-refractivity contribution in [2.24, 2.45) is 0 Å². The monoisotopic (exact) mass is 515 g/mol. The first-order valence-corrected chi connectivity index (χ1v) is 11.9. The van der Waals surface area contributed by atoms with Gasteiger partial charge in [0.2, 0.25) is 5.95 Å². The molecule has 3 aromatic carbocycles. The van der Waals surface area contributed by atoms with Crippen molar-refractivity contribution in [3.63, 3.8) is 0 Å². The van der Waals surface area contributed by atoms with Gasteiger partial charge in [-0.05, 0) is 54.4 Å². The molecule has 5 rings (SSSR count). The second-order valence-corrected chi connectivity index (χ2v) is 8.57. The second-order valence-electron chi connectivity index (χ2n) is 8.57. The number of amides is 1. The van der Waals surface area contributed by atoms with Gasteiger partial charge in [0.05, 0.1) is 25.5 Å². The SMILES string of the molecule is COc1ccccc1NC(=O)C1=C(C)Nc2ncnn2[C@@H]1c1ccc(OCc2ccc(F)cc2)c(OC)c1. The van der Waals surface area contributed by atoms with Crippen LogP contribution in [0.1, 0.15) is 24.1 Å². The topological polar surface area (TPSA) is 99.5 Å². The average Bonchev–Trinajstić information content (AvgIpc) is 3.40. The Morgan fingerprint density at radius 3 is 2.55 bits per heavy atom. The summed E-state index contributed by atoms with van der Waals surface area (Å²) in [4.78, 5) is 17.9. The number of benzene rings is 3. The number of nitrogens with zero attached hydrogens (tertiary/aromatic N) is 3. The number of para-hydroxylation sites is 2. The molecule has 0 fully saturated rings. The van der Waals surface area contributed by atoms with E-state index in [9.17, 15) is 9.18 Å². The van der Waals surface area contributed by atoms with Crippen LogP contribution in [0.2, 0.25) is 0 Å². The molecule has 1 atom stereocenters. The van der Waals surface area contributed by atoms with Gasteiger partial charge in [0.15, 0.2) is 11.5 Å². The van der Waals surface area contributed by atoms with Gasteiger partial charge in [-0.2, -0.15) is 10.1 Å². The normalized spacial score (nSPS) is 14.4. The summed E-state index contributed by atoms with van der Waals surface area (Å²) in [6, 6.07) is 18.2. The molecule has 1 aliphatic rings. The Morgan fingerprint density at radius 1 is 1.03 bits per heavy atom. The zero-order valence-electron chi connectivity index (χ0n) is 21.1. The van der Waals surface area contributed by atoms with Crippen LogP contribution < -0.4 is 24.8 Å². The summed E-state index contributed by atoms with van der Waals surface area (Å²) in [6.45, 7) is 2.06. The van der Waals surface area contributed by atoms with Gasteiger partial charge in [-0.3, -0.25) is 4.79 Å². The lowest BCUT2D eigenvalue weighted by atomic mass is 9.94. The Bertz CT molecular complexity index is 1500. The van der Waals surface area contributed by atoms with Crippen molar-refractivity contribution < 1.29 is 23.4 Å². The molecule has 0 unspecified atom stereocenters. The Labute approximate surface area is 218 Å². The van der Waals surface area contributed by atoms with Crippen molar-refractivity contribution in [1.82, 2.24) is 14.8 Å². The lowest BCUT2D eigenvalue weighted by Crippen LogP contribution is -2.31. The van der Waals surface area contributed by atoms with Gasteiger partial charge in [0.25, 0.3) is 5.91 Å². The number of anilines is 2. The molecule has 194 valence electrons. The van der Waals surface area contributed by atoms with E-state index >= 15 is 0 Å². The van der Waals surface area contributed by atoms with Crippen molar-refractivity contribution >= 4 is 17.5 Å². The molecule has 4 aromatic rings. The number of ether oxygens (including phenoxy) is 3. The Hall–Kier alpha value is -4.86. The number of halogens is 1. The molecule has 0 aliphatic carbocycles. The van der Waals surface area contributed by atoms with Gasteiger partial charge in [0, 0.05) is 5.70 Å². The molecular weight excluding hydrogens is 489 g/mol. The van der Waals surface area contributed by atoms with Crippen molar-refractivity contribution in [3.8, 4) is 17.2 Å². The van der Waals surface area contributed by atoms with Crippen molar-refractivity contribution in [2.45, 2.75) is 19.6 Å². The highest BCUT2D eigenvalue weighted by atomic mass is 19.1. The van der Waals surface area contributed by atoms with Gasteiger partial charge >= 0.3 is 0 Å². The van der Waals surface area contributed by atoms with E-state index in [2.05, 4.69) is 20.7 Å². The summed E-state index contributed by atoms with van der Waals surface area (Å²) in [5.74, 6) is 1.42. The Balaban J connectivity index is 1.47. The van der Waals surface area contributed by atoms with Crippen LogP contribution >= 0.6 is 0 Å². The first-order chi connectivity index (χ1) is 18.5. The van der Waals surface area contributed by atoms with E-state index in [-0.39, 0.29) is 18.3 Å². The molecule has 9 nitrogen and oxygen atoms in total. The minimum Gasteiger partial charge on any atom is -0.495 e. The molecule has 1 aromatic heterocycles. The highest BCUT2D eigenvalue weighted by Gasteiger charge is 2.34. The smallest absolute Gasteiger partial charge is 0.255 e. The summed E-state index contributed by atoms with van der Waals surface area (Å²) >= 11 is 0. The standard InChI is InChI=1S/C28H26FN5O4/c1-17-25(27(35)33-21-6-4-5-7-22(21)36-2)26(34-28(32-17)30-16-31-34)19-10-13-23(24(14-19)37-3)38-15-18-8-11-20(29)12-9-18/h4-14,16,26H,15H2,1-3H3,(H,33,35)(H,30,31,32)/t26-/m1/s1. The molecule has 1 amide bonds. The molecule has 38 heavy (non-hydrogen) atoms. The molecule has 0 radical (unpaired) electrons. The third-order valence-corrected chi connectivity index (χ3v) is 6.21. The fourth-order valence-corrected chi connectivity index (χ4v) is 4.35. The minimum absolute atomic E-state index is 0.238. The highest BCUT2D eigenvalue weighted by Crippen LogP contribution is 2.39. The lowest BCUT2D eigenvalue weighted by molar-refractivity contribution is -0.113. The van der Waals surface area contributed by atoms with Gasteiger partial charge in [-0.25, -0.2) is 9.07 Å². The first-order valence-electron chi connectivity index (χ1n) is 11.9. The van der Waals surface area contributed by atoms with E-state index in [1.54, 1.807) is 49.2 Å². The molecule has 2 N–H and O–H groups in total. The number of fused-ring (bicyclic) bond motifs is 1. The number of carbonyl (C=O) groups excluding carboxylic acids is 1. The largest absolute Gasteiger partial charge is 0.495 e. The Kier molecular flexibility index (Phi) is 6.94. The molecule has 0 spiro atoms. The fourth-order valence-electron chi connectivity index (χ4n) is 4.35. The number of nitrogens with one attached hydrogen (secondary N) is 2. The fraction of sp³-hybridized carbons (Fsp3) is 0.179. The highest BCUT2D eigenvalue weighted by molar-refractivity contribution is 6.06. The number of methoxy groups -OCH3 is 2. The molecule has 0 saturated heterocycles. The van der Waals surface area contributed by atoms with Gasteiger partial charge < -0.3 is 24.8 Å². The molecule has 10 heteroatoms. The molecular formula is C28H26FN5O4. The number of aromatic nitrogens is 3. The molecule has 0 bridgehead atoms. The van der Waals surface area contributed by atoms with Crippen LogP contribution in [-0.4, -0.2) is 34.9 Å². The van der Waals surface area contributed by atoms with Crippen LogP contribution in [0.5, 0.6) is 17.2 Å². The maximum atomic E-state index is 13.7. The predicted molar refractivity (Wildman–Crippen MR) is 140 cm³/mol. The lowest BCUT2D eigenvalue weighted by Gasteiger charge is -2.29. The van der Waals surface area contributed by atoms with Crippen LogP contribution in [0.3, 0.4) is 0 Å². The number of rotatable bonds is 8. The van der Waals surface area contributed by atoms with E-state index < -0.39 is 6.04 Å². The third-order valence-electron chi connectivity index (χ3n) is 6.21. The van der Waals surface area contributed by atoms with E-state index in [0.29, 0.717) is 40.2 Å².